The Morgan fingerprint density at radius 2 is 2.12 bits per heavy atom. The molecule has 0 radical (unpaired) electrons. The molecule has 4 N–H and O–H groups in total. The molecule has 0 saturated carbocycles. The maximum Gasteiger partial charge on any atom is 0.225 e. The molecule has 132 valence electrons. The number of likely N-dealkylation sites (tertiary alicyclic amines) is 1. The summed E-state index contributed by atoms with van der Waals surface area (Å²) in [6, 6.07) is 6.10. The van der Waals surface area contributed by atoms with E-state index in [1.54, 1.807) is 12.1 Å². The van der Waals surface area contributed by atoms with Crippen LogP contribution in [-0.4, -0.2) is 49.4 Å². The number of benzene rings is 1. The number of rotatable bonds is 7. The molecule has 1 aromatic rings. The minimum absolute atomic E-state index is 0.0287. The second-order valence-corrected chi connectivity index (χ2v) is 6.00. The number of nitrogens with two attached hydrogens (primary N) is 1. The summed E-state index contributed by atoms with van der Waals surface area (Å²) in [6.45, 7) is 2.98. The Morgan fingerprint density at radius 1 is 1.33 bits per heavy atom. The van der Waals surface area contributed by atoms with Crippen molar-refractivity contribution in [3.63, 3.8) is 0 Å². The van der Waals surface area contributed by atoms with E-state index in [1.165, 1.54) is 12.1 Å². The smallest absolute Gasteiger partial charge is 0.225 e. The van der Waals surface area contributed by atoms with E-state index in [0.717, 1.165) is 19.4 Å². The van der Waals surface area contributed by atoms with Crippen molar-refractivity contribution >= 4 is 17.5 Å². The number of nitrogens with zero attached hydrogens (tertiary/aromatic N) is 1. The van der Waals surface area contributed by atoms with E-state index >= 15 is 0 Å². The molecule has 1 fully saturated rings. The van der Waals surface area contributed by atoms with Crippen molar-refractivity contribution in [3.05, 3.63) is 30.1 Å². The van der Waals surface area contributed by atoms with Crippen molar-refractivity contribution in [2.75, 3.05) is 38.0 Å². The van der Waals surface area contributed by atoms with Crippen molar-refractivity contribution in [2.45, 2.75) is 19.3 Å². The molecule has 1 saturated heterocycles. The van der Waals surface area contributed by atoms with Crippen LogP contribution in [-0.2, 0) is 9.59 Å². The molecule has 1 unspecified atom stereocenters. The molecule has 1 aliphatic heterocycles. The zero-order valence-corrected chi connectivity index (χ0v) is 13.8. The highest BCUT2D eigenvalue weighted by molar-refractivity contribution is 5.90. The molecule has 0 aromatic heterocycles. The van der Waals surface area contributed by atoms with Crippen LogP contribution in [0.2, 0.25) is 0 Å². The fraction of sp³-hybridized carbons (Fsp3) is 0.529. The molecule has 1 aromatic carbocycles. The average Bonchev–Trinajstić information content (AvgIpc) is 2.60. The van der Waals surface area contributed by atoms with Crippen molar-refractivity contribution < 1.29 is 14.0 Å². The van der Waals surface area contributed by atoms with Crippen LogP contribution in [0.25, 0.3) is 0 Å². The van der Waals surface area contributed by atoms with Crippen LogP contribution in [0.3, 0.4) is 0 Å². The zero-order chi connectivity index (χ0) is 17.4. The predicted octanol–water partition coefficient (Wildman–Crippen LogP) is 0.941. The van der Waals surface area contributed by atoms with Gasteiger partial charge in [-0.25, -0.2) is 4.39 Å². The monoisotopic (exact) mass is 336 g/mol. The average molecular weight is 336 g/mol. The molecule has 0 aliphatic carbocycles. The van der Waals surface area contributed by atoms with Crippen LogP contribution in [0, 0.1) is 11.7 Å². The van der Waals surface area contributed by atoms with Gasteiger partial charge in [-0.1, -0.05) is 12.1 Å². The van der Waals surface area contributed by atoms with E-state index in [1.807, 2.05) is 0 Å². The number of carbonyl (C=O) groups excluding carboxylic acids is 2. The van der Waals surface area contributed by atoms with Crippen LogP contribution in [0.1, 0.15) is 19.3 Å². The maximum atomic E-state index is 13.5. The highest BCUT2D eigenvalue weighted by atomic mass is 19.1. The molecular weight excluding hydrogens is 311 g/mol. The first-order valence-corrected chi connectivity index (χ1v) is 8.34. The third kappa shape index (κ3) is 5.58. The minimum Gasteiger partial charge on any atom is -0.355 e. The molecule has 1 heterocycles. The third-order valence-electron chi connectivity index (χ3n) is 4.12. The molecular formula is C17H25FN4O2. The van der Waals surface area contributed by atoms with Gasteiger partial charge in [0, 0.05) is 32.6 Å². The van der Waals surface area contributed by atoms with E-state index in [2.05, 4.69) is 15.5 Å². The van der Waals surface area contributed by atoms with Crippen LogP contribution in [0.5, 0.6) is 0 Å². The zero-order valence-electron chi connectivity index (χ0n) is 13.8. The Kier molecular flexibility index (Phi) is 7.14. The lowest BCUT2D eigenvalue weighted by Crippen LogP contribution is -2.44. The molecule has 0 spiro atoms. The summed E-state index contributed by atoms with van der Waals surface area (Å²) in [5, 5.41) is 5.39. The highest BCUT2D eigenvalue weighted by Crippen LogP contribution is 2.17. The summed E-state index contributed by atoms with van der Waals surface area (Å²) in [4.78, 5) is 26.1. The first-order chi connectivity index (χ1) is 11.6. The second-order valence-electron chi connectivity index (χ2n) is 6.00. The van der Waals surface area contributed by atoms with E-state index in [4.69, 9.17) is 5.73 Å². The number of amides is 2. The summed E-state index contributed by atoms with van der Waals surface area (Å²) < 4.78 is 13.5. The lowest BCUT2D eigenvalue weighted by Gasteiger charge is -2.31. The van der Waals surface area contributed by atoms with E-state index < -0.39 is 5.82 Å². The normalized spacial score (nSPS) is 18.2. The summed E-state index contributed by atoms with van der Waals surface area (Å²) in [6.07, 6.45) is 2.05. The van der Waals surface area contributed by atoms with Gasteiger partial charge in [0.1, 0.15) is 5.82 Å². The molecule has 1 aliphatic rings. The molecule has 24 heavy (non-hydrogen) atoms. The summed E-state index contributed by atoms with van der Waals surface area (Å²) in [5.41, 5.74) is 5.59. The van der Waals surface area contributed by atoms with Crippen LogP contribution >= 0.6 is 0 Å². The van der Waals surface area contributed by atoms with Crippen LogP contribution in [0.15, 0.2) is 24.3 Å². The second kappa shape index (κ2) is 9.34. The Morgan fingerprint density at radius 3 is 2.88 bits per heavy atom. The standard InChI is InChI=1S/C17H25FN4O2/c18-14-5-1-2-6-15(14)21-16(23)7-11-22-10-3-4-13(12-22)17(24)20-9-8-19/h1-2,5-6,13H,3-4,7-12,19H2,(H,20,24)(H,21,23). The van der Waals surface area contributed by atoms with Gasteiger partial charge in [0.15, 0.2) is 0 Å². The van der Waals surface area contributed by atoms with Gasteiger partial charge >= 0.3 is 0 Å². The van der Waals surface area contributed by atoms with Crippen molar-refractivity contribution in [2.24, 2.45) is 11.7 Å². The van der Waals surface area contributed by atoms with Gasteiger partial charge in [-0.05, 0) is 31.5 Å². The molecule has 0 bridgehead atoms. The van der Waals surface area contributed by atoms with Crippen LogP contribution in [0.4, 0.5) is 10.1 Å². The number of hydrogen-bond donors (Lipinski definition) is 3. The lowest BCUT2D eigenvalue weighted by atomic mass is 9.97. The van der Waals surface area contributed by atoms with Gasteiger partial charge in [0.25, 0.3) is 0 Å². The topological polar surface area (TPSA) is 87.5 Å². The Bertz CT molecular complexity index is 567. The van der Waals surface area contributed by atoms with Crippen molar-refractivity contribution in [1.82, 2.24) is 10.2 Å². The predicted molar refractivity (Wildman–Crippen MR) is 90.9 cm³/mol. The molecule has 2 rings (SSSR count). The Hall–Kier alpha value is -1.99. The first kappa shape index (κ1) is 18.4. The lowest BCUT2D eigenvalue weighted by molar-refractivity contribution is -0.126. The van der Waals surface area contributed by atoms with Crippen molar-refractivity contribution in [1.29, 1.82) is 0 Å². The Balaban J connectivity index is 1.76. The molecule has 2 amide bonds. The number of nitrogens with one attached hydrogen (secondary N) is 2. The number of piperidine rings is 1. The molecule has 6 nitrogen and oxygen atoms in total. The first-order valence-electron chi connectivity index (χ1n) is 8.34. The number of halogens is 1. The van der Waals surface area contributed by atoms with Gasteiger partial charge in [-0.15, -0.1) is 0 Å². The van der Waals surface area contributed by atoms with Gasteiger partial charge < -0.3 is 21.3 Å². The fourth-order valence-electron chi connectivity index (χ4n) is 2.85. The van der Waals surface area contributed by atoms with Gasteiger partial charge in [-0.3, -0.25) is 9.59 Å². The van der Waals surface area contributed by atoms with Gasteiger partial charge in [0.2, 0.25) is 11.8 Å². The minimum atomic E-state index is -0.444. The summed E-state index contributed by atoms with van der Waals surface area (Å²) in [5.74, 6) is -0.698. The van der Waals surface area contributed by atoms with Gasteiger partial charge in [-0.2, -0.15) is 0 Å². The quantitative estimate of drug-likeness (QED) is 0.692. The fourth-order valence-corrected chi connectivity index (χ4v) is 2.85. The molecule has 7 heteroatoms. The number of anilines is 1. The third-order valence-corrected chi connectivity index (χ3v) is 4.12. The van der Waals surface area contributed by atoms with Crippen LogP contribution < -0.4 is 16.4 Å². The Labute approximate surface area is 141 Å². The molecule has 1 atom stereocenters. The SMILES string of the molecule is NCCNC(=O)C1CCCN(CCC(=O)Nc2ccccc2F)C1. The van der Waals surface area contributed by atoms with E-state index in [9.17, 15) is 14.0 Å². The number of hydrogen-bond acceptors (Lipinski definition) is 4. The summed E-state index contributed by atoms with van der Waals surface area (Å²) >= 11 is 0. The van der Waals surface area contributed by atoms with E-state index in [0.29, 0.717) is 26.2 Å². The highest BCUT2D eigenvalue weighted by Gasteiger charge is 2.25. The van der Waals surface area contributed by atoms with Gasteiger partial charge in [0.05, 0.1) is 11.6 Å². The maximum absolute atomic E-state index is 13.5. The summed E-state index contributed by atoms with van der Waals surface area (Å²) in [7, 11) is 0. The number of para-hydroxylation sites is 1. The largest absolute Gasteiger partial charge is 0.355 e. The van der Waals surface area contributed by atoms with E-state index in [-0.39, 0.29) is 29.8 Å². The number of carbonyl (C=O) groups is 2. The van der Waals surface area contributed by atoms with Crippen molar-refractivity contribution in [3.8, 4) is 0 Å².